The molecule has 0 radical (unpaired) electrons. The van der Waals surface area contributed by atoms with Crippen LogP contribution < -0.4 is 0 Å². The van der Waals surface area contributed by atoms with Crippen molar-refractivity contribution in [2.75, 3.05) is 7.18 Å². The first-order valence-electron chi connectivity index (χ1n) is 3.99. The first kappa shape index (κ1) is 15.5. The van der Waals surface area contributed by atoms with E-state index in [-0.39, 0.29) is 0 Å². The smallest absolute Gasteiger partial charge is 0.422 e. The Bertz CT molecular complexity index is 382. The second-order valence-corrected chi connectivity index (χ2v) is 2.79. The molecule has 0 unspecified atom stereocenters. The van der Waals surface area contributed by atoms with Crippen LogP contribution in [0, 0.1) is 24.4 Å². The molecule has 0 aromatic heterocycles. The van der Waals surface area contributed by atoms with Gasteiger partial charge in [0, 0.05) is 5.56 Å². The van der Waals surface area contributed by atoms with E-state index in [2.05, 4.69) is 0 Å². The molecule has 1 rings (SSSR count). The van der Waals surface area contributed by atoms with E-state index >= 15 is 0 Å². The van der Waals surface area contributed by atoms with E-state index in [4.69, 9.17) is 5.11 Å². The minimum absolute atomic E-state index is 0.500. The van der Waals surface area contributed by atoms with Crippen LogP contribution in [0.4, 0.5) is 30.7 Å². The molecule has 17 heavy (non-hydrogen) atoms. The fraction of sp³-hybridized carbons (Fsp3) is 0.333. The number of rotatable bonds is 0. The Hall–Kier alpha value is -1.47. The van der Waals surface area contributed by atoms with Gasteiger partial charge in [0.2, 0.25) is 5.82 Å². The van der Waals surface area contributed by atoms with Crippen molar-refractivity contribution in [1.29, 1.82) is 0 Å². The van der Waals surface area contributed by atoms with E-state index < -0.39 is 40.5 Å². The molecule has 8 heteroatoms. The van der Waals surface area contributed by atoms with Crippen LogP contribution in [-0.4, -0.2) is 12.3 Å². The van der Waals surface area contributed by atoms with Crippen molar-refractivity contribution >= 4 is 0 Å². The summed E-state index contributed by atoms with van der Waals surface area (Å²) in [4.78, 5) is 0. The molecule has 1 N–H and O–H groups in total. The zero-order chi connectivity index (χ0) is 14.0. The molecular formula is C9H7F7O. The summed E-state index contributed by atoms with van der Waals surface area (Å²) in [6.07, 6.45) is -5.35. The minimum atomic E-state index is -5.35. The van der Waals surface area contributed by atoms with Crippen molar-refractivity contribution < 1.29 is 35.8 Å². The highest BCUT2D eigenvalue weighted by Gasteiger charge is 2.41. The summed E-state index contributed by atoms with van der Waals surface area (Å²) in [5.41, 5.74) is -3.32. The van der Waals surface area contributed by atoms with Gasteiger partial charge in [-0.1, -0.05) is 0 Å². The summed E-state index contributed by atoms with van der Waals surface area (Å²) in [5.74, 6) is -8.03. The first-order valence-corrected chi connectivity index (χ1v) is 3.99. The van der Waals surface area contributed by atoms with E-state index in [1.54, 1.807) is 0 Å². The zero-order valence-electron chi connectivity index (χ0n) is 8.59. The molecule has 0 aliphatic heterocycles. The number of phenolic OH excluding ortho intramolecular Hbond substituents is 1. The number of aromatic hydroxyl groups is 1. The molecule has 0 spiro atoms. The maximum Gasteiger partial charge on any atom is 0.422 e. The molecule has 0 bridgehead atoms. The third kappa shape index (κ3) is 2.80. The van der Waals surface area contributed by atoms with Gasteiger partial charge < -0.3 is 5.11 Å². The van der Waals surface area contributed by atoms with E-state index in [9.17, 15) is 30.7 Å². The van der Waals surface area contributed by atoms with Crippen molar-refractivity contribution in [3.05, 3.63) is 28.6 Å². The average Bonchev–Trinajstić information content (AvgIpc) is 2.25. The molecule has 1 aromatic rings. The topological polar surface area (TPSA) is 20.2 Å². The van der Waals surface area contributed by atoms with Gasteiger partial charge in [-0.3, -0.25) is 4.39 Å². The molecule has 0 atom stereocenters. The quantitative estimate of drug-likeness (QED) is 0.559. The third-order valence-corrected chi connectivity index (χ3v) is 1.81. The van der Waals surface area contributed by atoms with Gasteiger partial charge in [0.15, 0.2) is 11.6 Å². The molecule has 1 nitrogen and oxygen atoms in total. The highest BCUT2D eigenvalue weighted by atomic mass is 19.4. The highest BCUT2D eigenvalue weighted by Crippen LogP contribution is 2.38. The molecule has 0 aliphatic carbocycles. The summed E-state index contributed by atoms with van der Waals surface area (Å²) in [5, 5.41) is 8.74. The Morgan fingerprint density at radius 2 is 1.29 bits per heavy atom. The summed E-state index contributed by atoms with van der Waals surface area (Å²) >= 11 is 0. The summed E-state index contributed by atoms with van der Waals surface area (Å²) < 4.78 is 84.0. The highest BCUT2D eigenvalue weighted by molar-refractivity contribution is 5.40. The molecule has 0 saturated heterocycles. The predicted molar refractivity (Wildman–Crippen MR) is 44.8 cm³/mol. The fourth-order valence-corrected chi connectivity index (χ4v) is 1.02. The van der Waals surface area contributed by atoms with Crippen LogP contribution in [0.3, 0.4) is 0 Å². The maximum absolute atomic E-state index is 12.9. The van der Waals surface area contributed by atoms with E-state index in [1.807, 2.05) is 0 Å². The van der Waals surface area contributed by atoms with Crippen LogP contribution in [0.2, 0.25) is 0 Å². The van der Waals surface area contributed by atoms with Gasteiger partial charge in [-0.2, -0.15) is 17.6 Å². The number of halogens is 7. The summed E-state index contributed by atoms with van der Waals surface area (Å²) in [6.45, 7) is 0.711. The van der Waals surface area contributed by atoms with Crippen molar-refractivity contribution in [3.63, 3.8) is 0 Å². The standard InChI is InChI=1S/C8H4F6O.CH3F/c1-2-4(9)3(8(12,13)14)5(10)6(11)7(2)15;1-2/h15H,1H3;1H3. The van der Waals surface area contributed by atoms with Crippen LogP contribution in [-0.2, 0) is 6.18 Å². The lowest BCUT2D eigenvalue weighted by molar-refractivity contribution is -0.142. The number of hydrogen-bond donors (Lipinski definition) is 1. The Labute approximate surface area is 91.5 Å². The van der Waals surface area contributed by atoms with Gasteiger partial charge >= 0.3 is 6.18 Å². The van der Waals surface area contributed by atoms with Gasteiger partial charge in [0.05, 0.1) is 7.18 Å². The number of alkyl halides is 4. The van der Waals surface area contributed by atoms with Crippen LogP contribution in [0.15, 0.2) is 0 Å². The molecular weight excluding hydrogens is 257 g/mol. The van der Waals surface area contributed by atoms with Gasteiger partial charge in [0.25, 0.3) is 0 Å². The third-order valence-electron chi connectivity index (χ3n) is 1.81. The first-order chi connectivity index (χ1) is 7.68. The van der Waals surface area contributed by atoms with Gasteiger partial charge in [0.1, 0.15) is 11.4 Å². The van der Waals surface area contributed by atoms with Crippen molar-refractivity contribution in [2.45, 2.75) is 13.1 Å². The van der Waals surface area contributed by atoms with Crippen molar-refractivity contribution in [2.24, 2.45) is 0 Å². The van der Waals surface area contributed by atoms with Crippen LogP contribution >= 0.6 is 0 Å². The zero-order valence-corrected chi connectivity index (χ0v) is 8.59. The normalized spacial score (nSPS) is 10.9. The number of hydrogen-bond acceptors (Lipinski definition) is 1. The Morgan fingerprint density at radius 1 is 0.882 bits per heavy atom. The SMILES string of the molecule is CF.Cc1c(O)c(F)c(F)c(C(F)(F)F)c1F. The van der Waals surface area contributed by atoms with Crippen LogP contribution in [0.5, 0.6) is 5.75 Å². The van der Waals surface area contributed by atoms with E-state index in [0.29, 0.717) is 14.1 Å². The summed E-state index contributed by atoms with van der Waals surface area (Å²) in [7, 11) is 0.500. The van der Waals surface area contributed by atoms with Crippen molar-refractivity contribution in [1.82, 2.24) is 0 Å². The monoisotopic (exact) mass is 264 g/mol. The lowest BCUT2D eigenvalue weighted by atomic mass is 10.1. The maximum atomic E-state index is 12.9. The van der Waals surface area contributed by atoms with Crippen LogP contribution in [0.1, 0.15) is 11.1 Å². The van der Waals surface area contributed by atoms with Gasteiger partial charge in [-0.25, -0.2) is 8.78 Å². The molecule has 98 valence electrons. The van der Waals surface area contributed by atoms with Gasteiger partial charge in [-0.15, -0.1) is 0 Å². The Kier molecular flexibility index (Phi) is 4.79. The molecule has 0 saturated carbocycles. The van der Waals surface area contributed by atoms with Gasteiger partial charge in [-0.05, 0) is 6.92 Å². The fourth-order valence-electron chi connectivity index (χ4n) is 1.02. The largest absolute Gasteiger partial charge is 0.504 e. The molecule has 0 amide bonds. The summed E-state index contributed by atoms with van der Waals surface area (Å²) in [6, 6.07) is 0. The predicted octanol–water partition coefficient (Wildman–Crippen LogP) is 3.72. The number of phenols is 1. The Morgan fingerprint density at radius 3 is 1.65 bits per heavy atom. The molecule has 0 fully saturated rings. The van der Waals surface area contributed by atoms with Crippen molar-refractivity contribution in [3.8, 4) is 5.75 Å². The minimum Gasteiger partial charge on any atom is -0.504 e. The van der Waals surface area contributed by atoms with Crippen LogP contribution in [0.25, 0.3) is 0 Å². The lowest BCUT2D eigenvalue weighted by Crippen LogP contribution is -2.14. The lowest BCUT2D eigenvalue weighted by Gasteiger charge is -2.12. The number of benzene rings is 1. The van der Waals surface area contributed by atoms with E-state index in [0.717, 1.165) is 0 Å². The average molecular weight is 264 g/mol. The molecule has 0 aliphatic rings. The molecule has 1 aromatic carbocycles. The second-order valence-electron chi connectivity index (χ2n) is 2.79. The van der Waals surface area contributed by atoms with E-state index in [1.165, 1.54) is 0 Å². The Balaban J connectivity index is 0.00000121. The molecule has 0 heterocycles. The second kappa shape index (κ2) is 5.24.